The smallest absolute Gasteiger partial charge is 0.207 e. The molecule has 0 bridgehead atoms. The largest absolute Gasteiger partial charge is 0.243 e. The number of hydrogen-bond acceptors (Lipinski definition) is 4. The highest BCUT2D eigenvalue weighted by molar-refractivity contribution is 9.11. The Hall–Kier alpha value is -1.20. The normalized spacial score (nSPS) is 11.5. The molecule has 2 rings (SSSR count). The highest BCUT2D eigenvalue weighted by Gasteiger charge is 2.21. The Morgan fingerprint density at radius 2 is 2.00 bits per heavy atom. The van der Waals surface area contributed by atoms with Crippen molar-refractivity contribution >= 4 is 37.3 Å². The summed E-state index contributed by atoms with van der Waals surface area (Å²) in [5.41, 5.74) is 1.37. The number of rotatable bonds is 4. The maximum atomic E-state index is 12.4. The third-order valence-electron chi connectivity index (χ3n) is 2.72. The van der Waals surface area contributed by atoms with Gasteiger partial charge in [-0.1, -0.05) is 0 Å². The molecule has 0 spiro atoms. The summed E-state index contributed by atoms with van der Waals surface area (Å²) in [6, 6.07) is 9.77. The Balaban J connectivity index is 2.22. The summed E-state index contributed by atoms with van der Waals surface area (Å²) in [5, 5.41) is 10.6. The summed E-state index contributed by atoms with van der Waals surface area (Å²) >= 11 is 4.87. The molecule has 2 aromatic rings. The van der Waals surface area contributed by atoms with Crippen LogP contribution in [0.15, 0.2) is 44.4 Å². The third-order valence-corrected chi connectivity index (χ3v) is 6.09. The van der Waals surface area contributed by atoms with E-state index in [9.17, 15) is 8.42 Å². The maximum absolute atomic E-state index is 12.4. The number of halogens is 1. The molecule has 0 radical (unpaired) electrons. The van der Waals surface area contributed by atoms with Crippen molar-refractivity contribution in [3.05, 3.63) is 50.6 Å². The summed E-state index contributed by atoms with van der Waals surface area (Å²) in [5.74, 6) is 0. The lowest BCUT2D eigenvalue weighted by molar-refractivity contribution is 0.467. The Bertz CT molecular complexity index is 745. The van der Waals surface area contributed by atoms with Gasteiger partial charge in [-0.3, -0.25) is 0 Å². The summed E-state index contributed by atoms with van der Waals surface area (Å²) in [7, 11) is -2.00. The topological polar surface area (TPSA) is 61.2 Å². The second-order valence-electron chi connectivity index (χ2n) is 4.16. The molecule has 0 atom stereocenters. The number of sulfonamides is 1. The van der Waals surface area contributed by atoms with Crippen LogP contribution in [0.25, 0.3) is 0 Å². The van der Waals surface area contributed by atoms with Crippen LogP contribution < -0.4 is 0 Å². The standard InChI is InChI=1S/C13H11BrN2O2S2/c1-16(8-11-6-13(14)19-9-11)20(17,18)12-4-2-10(7-15)3-5-12/h2-6,9H,8H2,1H3. The molecule has 1 aromatic heterocycles. The van der Waals surface area contributed by atoms with Gasteiger partial charge in [0.25, 0.3) is 0 Å². The van der Waals surface area contributed by atoms with E-state index >= 15 is 0 Å². The van der Waals surface area contributed by atoms with Crippen LogP contribution in [0.5, 0.6) is 0 Å². The highest BCUT2D eigenvalue weighted by atomic mass is 79.9. The van der Waals surface area contributed by atoms with Crippen molar-refractivity contribution < 1.29 is 8.42 Å². The first kappa shape index (κ1) is 15.2. The van der Waals surface area contributed by atoms with Gasteiger partial charge >= 0.3 is 0 Å². The summed E-state index contributed by atoms with van der Waals surface area (Å²) in [4.78, 5) is 0.188. The van der Waals surface area contributed by atoms with Crippen LogP contribution in [0.1, 0.15) is 11.1 Å². The molecule has 20 heavy (non-hydrogen) atoms. The Morgan fingerprint density at radius 3 is 2.50 bits per heavy atom. The van der Waals surface area contributed by atoms with E-state index in [0.717, 1.165) is 9.35 Å². The minimum absolute atomic E-state index is 0.188. The van der Waals surface area contributed by atoms with Crippen molar-refractivity contribution in [2.45, 2.75) is 11.4 Å². The molecule has 0 saturated heterocycles. The zero-order chi connectivity index (χ0) is 14.8. The maximum Gasteiger partial charge on any atom is 0.243 e. The SMILES string of the molecule is CN(Cc1csc(Br)c1)S(=O)(=O)c1ccc(C#N)cc1. The van der Waals surface area contributed by atoms with Crippen LogP contribution >= 0.6 is 27.3 Å². The molecule has 0 aliphatic carbocycles. The number of benzene rings is 1. The first-order valence-corrected chi connectivity index (χ1v) is 8.74. The van der Waals surface area contributed by atoms with Gasteiger partial charge in [-0.15, -0.1) is 11.3 Å². The minimum atomic E-state index is -3.54. The van der Waals surface area contributed by atoms with Crippen LogP contribution in [0.2, 0.25) is 0 Å². The molecule has 104 valence electrons. The molecule has 0 aliphatic heterocycles. The van der Waals surface area contributed by atoms with Crippen LogP contribution in [-0.4, -0.2) is 19.8 Å². The summed E-state index contributed by atoms with van der Waals surface area (Å²) in [6.07, 6.45) is 0. The van der Waals surface area contributed by atoms with Crippen molar-refractivity contribution in [1.82, 2.24) is 4.31 Å². The van der Waals surface area contributed by atoms with Gasteiger partial charge in [-0.2, -0.15) is 9.57 Å². The molecular weight excluding hydrogens is 360 g/mol. The van der Waals surface area contributed by atoms with Gasteiger partial charge in [0.05, 0.1) is 20.3 Å². The van der Waals surface area contributed by atoms with E-state index in [-0.39, 0.29) is 4.90 Å². The van der Waals surface area contributed by atoms with Crippen molar-refractivity contribution in [3.63, 3.8) is 0 Å². The van der Waals surface area contributed by atoms with Crippen molar-refractivity contribution in [1.29, 1.82) is 5.26 Å². The third kappa shape index (κ3) is 3.27. The number of nitriles is 1. The zero-order valence-electron chi connectivity index (χ0n) is 10.6. The molecule has 1 heterocycles. The predicted molar refractivity (Wildman–Crippen MR) is 81.8 cm³/mol. The molecule has 1 aromatic carbocycles. The number of hydrogen-bond donors (Lipinski definition) is 0. The molecule has 0 amide bonds. The average molecular weight is 371 g/mol. The summed E-state index contributed by atoms with van der Waals surface area (Å²) < 4.78 is 27.0. The van der Waals surface area contributed by atoms with E-state index in [2.05, 4.69) is 15.9 Å². The average Bonchev–Trinajstić information content (AvgIpc) is 2.84. The lowest BCUT2D eigenvalue weighted by Crippen LogP contribution is -2.26. The second kappa shape index (κ2) is 6.06. The zero-order valence-corrected chi connectivity index (χ0v) is 13.8. The number of nitrogens with zero attached hydrogens (tertiary/aromatic N) is 2. The van der Waals surface area contributed by atoms with E-state index in [1.54, 1.807) is 7.05 Å². The van der Waals surface area contributed by atoms with Gasteiger partial charge in [0.2, 0.25) is 10.0 Å². The van der Waals surface area contributed by atoms with Gasteiger partial charge in [-0.25, -0.2) is 8.42 Å². The number of thiophene rings is 1. The molecule has 0 saturated carbocycles. The van der Waals surface area contributed by atoms with Crippen LogP contribution in [0, 0.1) is 11.3 Å². The predicted octanol–water partition coefficient (Wildman–Crippen LogP) is 3.20. The molecule has 4 nitrogen and oxygen atoms in total. The molecular formula is C13H11BrN2O2S2. The van der Waals surface area contributed by atoms with E-state index in [4.69, 9.17) is 5.26 Å². The second-order valence-corrected chi connectivity index (χ2v) is 8.49. The van der Waals surface area contributed by atoms with Gasteiger partial charge in [0, 0.05) is 13.6 Å². The first-order chi connectivity index (χ1) is 9.43. The van der Waals surface area contributed by atoms with Crippen LogP contribution in [0.4, 0.5) is 0 Å². The van der Waals surface area contributed by atoms with E-state index in [0.29, 0.717) is 12.1 Å². The molecule has 7 heteroatoms. The first-order valence-electron chi connectivity index (χ1n) is 5.63. The van der Waals surface area contributed by atoms with Gasteiger partial charge in [0.15, 0.2) is 0 Å². The highest BCUT2D eigenvalue weighted by Crippen LogP contribution is 2.23. The van der Waals surface area contributed by atoms with E-state index in [1.165, 1.54) is 39.9 Å². The lowest BCUT2D eigenvalue weighted by Gasteiger charge is -2.16. The molecule has 0 aliphatic rings. The fourth-order valence-electron chi connectivity index (χ4n) is 1.65. The molecule has 0 fully saturated rings. The lowest BCUT2D eigenvalue weighted by atomic mass is 10.2. The quantitative estimate of drug-likeness (QED) is 0.829. The van der Waals surface area contributed by atoms with Crippen molar-refractivity contribution in [2.75, 3.05) is 7.05 Å². The van der Waals surface area contributed by atoms with Gasteiger partial charge in [0.1, 0.15) is 0 Å². The summed E-state index contributed by atoms with van der Waals surface area (Å²) in [6.45, 7) is 0.310. The van der Waals surface area contributed by atoms with Crippen molar-refractivity contribution in [3.8, 4) is 6.07 Å². The van der Waals surface area contributed by atoms with Crippen LogP contribution in [-0.2, 0) is 16.6 Å². The minimum Gasteiger partial charge on any atom is -0.207 e. The van der Waals surface area contributed by atoms with Gasteiger partial charge in [-0.05, 0) is 57.2 Å². The monoisotopic (exact) mass is 370 g/mol. The Morgan fingerprint density at radius 1 is 1.35 bits per heavy atom. The fourth-order valence-corrected chi connectivity index (χ4v) is 4.01. The van der Waals surface area contributed by atoms with Crippen LogP contribution in [0.3, 0.4) is 0 Å². The van der Waals surface area contributed by atoms with E-state index < -0.39 is 10.0 Å². The van der Waals surface area contributed by atoms with Crippen molar-refractivity contribution in [2.24, 2.45) is 0 Å². The Kier molecular flexibility index (Phi) is 4.60. The fraction of sp³-hybridized carbons (Fsp3) is 0.154. The van der Waals surface area contributed by atoms with Gasteiger partial charge < -0.3 is 0 Å². The molecule has 0 N–H and O–H groups in total. The molecule has 0 unspecified atom stereocenters. The Labute approximate surface area is 130 Å². The van der Waals surface area contributed by atoms with E-state index in [1.807, 2.05) is 17.5 Å².